The molecule has 4 nitrogen and oxygen atoms in total. The van der Waals surface area contributed by atoms with Gasteiger partial charge in [-0.05, 0) is 39.8 Å². The van der Waals surface area contributed by atoms with Gasteiger partial charge in [0.05, 0.1) is 5.60 Å². The van der Waals surface area contributed by atoms with E-state index in [2.05, 4.69) is 37.9 Å². The van der Waals surface area contributed by atoms with Gasteiger partial charge in [0.1, 0.15) is 0 Å². The first-order valence-corrected chi connectivity index (χ1v) is 7.28. The van der Waals surface area contributed by atoms with Gasteiger partial charge in [-0.2, -0.15) is 0 Å². The van der Waals surface area contributed by atoms with E-state index < -0.39 is 0 Å². The molecule has 0 aromatic carbocycles. The molecule has 0 spiro atoms. The van der Waals surface area contributed by atoms with Crippen LogP contribution in [0.2, 0.25) is 0 Å². The van der Waals surface area contributed by atoms with Crippen LogP contribution in [0, 0.1) is 0 Å². The van der Waals surface area contributed by atoms with Gasteiger partial charge >= 0.3 is 0 Å². The summed E-state index contributed by atoms with van der Waals surface area (Å²) in [6.45, 7) is 14.6. The number of rotatable bonds is 7. The highest BCUT2D eigenvalue weighted by atomic mass is 16.5. The molecule has 1 heterocycles. The van der Waals surface area contributed by atoms with Crippen LogP contribution in [-0.2, 0) is 4.74 Å². The lowest BCUT2D eigenvalue weighted by atomic mass is 9.81. The zero-order valence-electron chi connectivity index (χ0n) is 12.6. The Morgan fingerprint density at radius 3 is 2.44 bits per heavy atom. The van der Waals surface area contributed by atoms with Crippen molar-refractivity contribution in [2.24, 2.45) is 5.73 Å². The number of likely N-dealkylation sites (N-methyl/N-ethyl adjacent to an activating group) is 1. The van der Waals surface area contributed by atoms with E-state index in [4.69, 9.17) is 10.5 Å². The summed E-state index contributed by atoms with van der Waals surface area (Å²) in [4.78, 5) is 2.43. The van der Waals surface area contributed by atoms with Crippen molar-refractivity contribution in [2.75, 3.05) is 39.3 Å². The van der Waals surface area contributed by atoms with Crippen LogP contribution in [0.15, 0.2) is 0 Å². The molecule has 0 aliphatic carbocycles. The van der Waals surface area contributed by atoms with Gasteiger partial charge in [-0.3, -0.25) is 0 Å². The van der Waals surface area contributed by atoms with Crippen molar-refractivity contribution >= 4 is 0 Å². The minimum absolute atomic E-state index is 0.0557. The highest BCUT2D eigenvalue weighted by Crippen LogP contribution is 2.31. The van der Waals surface area contributed by atoms with E-state index in [-0.39, 0.29) is 11.1 Å². The van der Waals surface area contributed by atoms with Crippen LogP contribution in [0.1, 0.15) is 40.5 Å². The third-order valence-electron chi connectivity index (χ3n) is 4.05. The fourth-order valence-electron chi connectivity index (χ4n) is 2.89. The number of nitrogens with one attached hydrogen (secondary N) is 1. The molecule has 0 bridgehead atoms. The summed E-state index contributed by atoms with van der Waals surface area (Å²) in [5.74, 6) is 0. The summed E-state index contributed by atoms with van der Waals surface area (Å²) < 4.78 is 5.79. The van der Waals surface area contributed by atoms with E-state index in [1.165, 1.54) is 0 Å². The SMILES string of the molecule is CCN(CC)CCNC1(CN)CCOC(C)(C)C1. The maximum absolute atomic E-state index is 6.01. The van der Waals surface area contributed by atoms with E-state index in [0.717, 1.165) is 45.6 Å². The highest BCUT2D eigenvalue weighted by Gasteiger charge is 2.39. The van der Waals surface area contributed by atoms with Crippen molar-refractivity contribution in [1.29, 1.82) is 0 Å². The Bertz CT molecular complexity index is 241. The topological polar surface area (TPSA) is 50.5 Å². The Labute approximate surface area is 112 Å². The lowest BCUT2D eigenvalue weighted by molar-refractivity contribution is -0.0858. The number of ether oxygens (including phenoxy) is 1. The zero-order chi connectivity index (χ0) is 13.6. The molecule has 0 radical (unpaired) electrons. The Hall–Kier alpha value is -0.160. The second-order valence-corrected chi connectivity index (χ2v) is 5.97. The van der Waals surface area contributed by atoms with Crippen LogP contribution in [-0.4, -0.2) is 55.4 Å². The second kappa shape index (κ2) is 6.85. The lowest BCUT2D eigenvalue weighted by Crippen LogP contribution is -2.59. The molecule has 1 atom stereocenters. The summed E-state index contributed by atoms with van der Waals surface area (Å²) >= 11 is 0. The largest absolute Gasteiger partial charge is 0.375 e. The van der Waals surface area contributed by atoms with Crippen molar-refractivity contribution in [3.05, 3.63) is 0 Å². The number of nitrogens with two attached hydrogens (primary N) is 1. The fourth-order valence-corrected chi connectivity index (χ4v) is 2.89. The standard InChI is InChI=1S/C14H31N3O/c1-5-17(6-2)9-8-16-14(12-15)7-10-18-13(3,4)11-14/h16H,5-12,15H2,1-4H3. The monoisotopic (exact) mass is 257 g/mol. The van der Waals surface area contributed by atoms with Crippen LogP contribution >= 0.6 is 0 Å². The summed E-state index contributed by atoms with van der Waals surface area (Å²) in [7, 11) is 0. The molecular formula is C14H31N3O. The maximum atomic E-state index is 6.01. The summed E-state index contributed by atoms with van der Waals surface area (Å²) in [5.41, 5.74) is 6.02. The normalized spacial score (nSPS) is 27.7. The molecule has 1 rings (SSSR count). The predicted octanol–water partition coefficient (Wildman–Crippen LogP) is 1.20. The van der Waals surface area contributed by atoms with Crippen LogP contribution in [0.5, 0.6) is 0 Å². The van der Waals surface area contributed by atoms with Gasteiger partial charge in [0.25, 0.3) is 0 Å². The Morgan fingerprint density at radius 2 is 1.94 bits per heavy atom. The molecule has 1 aliphatic rings. The third-order valence-corrected chi connectivity index (χ3v) is 4.05. The first kappa shape index (κ1) is 15.9. The number of nitrogens with zero attached hydrogens (tertiary/aromatic N) is 1. The van der Waals surface area contributed by atoms with E-state index in [9.17, 15) is 0 Å². The van der Waals surface area contributed by atoms with Crippen molar-refractivity contribution < 1.29 is 4.74 Å². The van der Waals surface area contributed by atoms with E-state index in [1.807, 2.05) is 0 Å². The van der Waals surface area contributed by atoms with Gasteiger partial charge < -0.3 is 20.7 Å². The van der Waals surface area contributed by atoms with E-state index >= 15 is 0 Å². The smallest absolute Gasteiger partial charge is 0.0644 e. The van der Waals surface area contributed by atoms with Crippen LogP contribution in [0.25, 0.3) is 0 Å². The van der Waals surface area contributed by atoms with Crippen molar-refractivity contribution in [1.82, 2.24) is 10.2 Å². The third kappa shape index (κ3) is 4.50. The number of hydrogen-bond acceptors (Lipinski definition) is 4. The molecule has 1 aliphatic heterocycles. The summed E-state index contributed by atoms with van der Waals surface area (Å²) in [6.07, 6.45) is 2.01. The molecule has 1 fully saturated rings. The first-order chi connectivity index (χ1) is 8.47. The molecule has 0 amide bonds. The molecule has 0 aromatic heterocycles. The Balaban J connectivity index is 2.45. The summed E-state index contributed by atoms with van der Waals surface area (Å²) in [6, 6.07) is 0. The van der Waals surface area contributed by atoms with Gasteiger partial charge in [0.15, 0.2) is 0 Å². The summed E-state index contributed by atoms with van der Waals surface area (Å²) in [5, 5.41) is 3.69. The fraction of sp³-hybridized carbons (Fsp3) is 1.00. The molecule has 1 saturated heterocycles. The van der Waals surface area contributed by atoms with Crippen molar-refractivity contribution in [3.63, 3.8) is 0 Å². The molecule has 3 N–H and O–H groups in total. The van der Waals surface area contributed by atoms with Gasteiger partial charge in [-0.25, -0.2) is 0 Å². The minimum atomic E-state index is -0.0557. The second-order valence-electron chi connectivity index (χ2n) is 5.97. The number of hydrogen-bond donors (Lipinski definition) is 2. The molecular weight excluding hydrogens is 226 g/mol. The molecule has 0 aromatic rings. The molecule has 0 saturated carbocycles. The van der Waals surface area contributed by atoms with Crippen molar-refractivity contribution in [3.8, 4) is 0 Å². The highest BCUT2D eigenvalue weighted by molar-refractivity contribution is 4.97. The van der Waals surface area contributed by atoms with E-state index in [1.54, 1.807) is 0 Å². The Morgan fingerprint density at radius 1 is 1.28 bits per heavy atom. The lowest BCUT2D eigenvalue weighted by Gasteiger charge is -2.45. The molecule has 18 heavy (non-hydrogen) atoms. The molecule has 4 heteroatoms. The van der Waals surface area contributed by atoms with Gasteiger partial charge in [-0.15, -0.1) is 0 Å². The van der Waals surface area contributed by atoms with Gasteiger partial charge in [-0.1, -0.05) is 13.8 Å². The minimum Gasteiger partial charge on any atom is -0.375 e. The quantitative estimate of drug-likeness (QED) is 0.720. The Kier molecular flexibility index (Phi) is 6.05. The van der Waals surface area contributed by atoms with E-state index in [0.29, 0.717) is 6.54 Å². The van der Waals surface area contributed by atoms with Crippen LogP contribution in [0.4, 0.5) is 0 Å². The van der Waals surface area contributed by atoms with Crippen molar-refractivity contribution in [2.45, 2.75) is 51.7 Å². The average Bonchev–Trinajstić information content (AvgIpc) is 2.33. The zero-order valence-corrected chi connectivity index (χ0v) is 12.6. The molecule has 108 valence electrons. The van der Waals surface area contributed by atoms with Gasteiger partial charge in [0.2, 0.25) is 0 Å². The predicted molar refractivity (Wildman–Crippen MR) is 76.8 cm³/mol. The molecule has 1 unspecified atom stereocenters. The average molecular weight is 257 g/mol. The first-order valence-electron chi connectivity index (χ1n) is 7.28. The van der Waals surface area contributed by atoms with Gasteiger partial charge in [0, 0.05) is 31.8 Å². The maximum Gasteiger partial charge on any atom is 0.0644 e. The van der Waals surface area contributed by atoms with Crippen LogP contribution < -0.4 is 11.1 Å². The van der Waals surface area contributed by atoms with Crippen LogP contribution in [0.3, 0.4) is 0 Å².